The van der Waals surface area contributed by atoms with Crippen molar-refractivity contribution in [1.82, 2.24) is 24.9 Å². The van der Waals surface area contributed by atoms with E-state index < -0.39 is 23.5 Å². The SMILES string of the molecule is O=C(NCc1ccc(C(F)(F)F)cc1)c1ccc(-c2cnc3ccc(-c4cn[nH]c4)cn23)cc1F. The average molecular weight is 479 g/mol. The van der Waals surface area contributed by atoms with Crippen molar-refractivity contribution in [2.75, 3.05) is 0 Å². The molecule has 0 fully saturated rings. The Kier molecular flexibility index (Phi) is 5.56. The van der Waals surface area contributed by atoms with Gasteiger partial charge in [-0.05, 0) is 42.0 Å². The highest BCUT2D eigenvalue weighted by atomic mass is 19.4. The third-order valence-electron chi connectivity index (χ3n) is 5.58. The first-order valence-electron chi connectivity index (χ1n) is 10.5. The van der Waals surface area contributed by atoms with Crippen LogP contribution in [0.1, 0.15) is 21.5 Å². The fraction of sp³-hybridized carbons (Fsp3) is 0.0800. The molecule has 0 bridgehead atoms. The third kappa shape index (κ3) is 4.50. The van der Waals surface area contributed by atoms with Crippen LogP contribution in [0.4, 0.5) is 17.6 Å². The molecule has 2 N–H and O–H groups in total. The maximum Gasteiger partial charge on any atom is 0.416 e. The van der Waals surface area contributed by atoms with Gasteiger partial charge in [0.2, 0.25) is 0 Å². The minimum Gasteiger partial charge on any atom is -0.348 e. The third-order valence-corrected chi connectivity index (χ3v) is 5.58. The molecule has 0 spiro atoms. The Hall–Kier alpha value is -4.47. The van der Waals surface area contributed by atoms with Crippen LogP contribution in [0.3, 0.4) is 0 Å². The van der Waals surface area contributed by atoms with E-state index in [9.17, 15) is 22.4 Å². The van der Waals surface area contributed by atoms with Gasteiger partial charge >= 0.3 is 6.18 Å². The highest BCUT2D eigenvalue weighted by Gasteiger charge is 2.29. The molecule has 0 saturated heterocycles. The lowest BCUT2D eigenvalue weighted by Gasteiger charge is -2.10. The number of fused-ring (bicyclic) bond motifs is 1. The van der Waals surface area contributed by atoms with E-state index in [1.807, 2.05) is 22.7 Å². The second kappa shape index (κ2) is 8.71. The topological polar surface area (TPSA) is 75.1 Å². The van der Waals surface area contributed by atoms with Gasteiger partial charge in [0.05, 0.1) is 29.2 Å². The zero-order valence-electron chi connectivity index (χ0n) is 18.0. The number of hydrogen-bond acceptors (Lipinski definition) is 3. The lowest BCUT2D eigenvalue weighted by atomic mass is 10.1. The van der Waals surface area contributed by atoms with Crippen molar-refractivity contribution in [3.05, 3.63) is 102 Å². The van der Waals surface area contributed by atoms with E-state index in [0.717, 1.165) is 23.3 Å². The quantitative estimate of drug-likeness (QED) is 0.328. The number of carbonyl (C=O) groups is 1. The van der Waals surface area contributed by atoms with Crippen molar-refractivity contribution < 1.29 is 22.4 Å². The van der Waals surface area contributed by atoms with E-state index in [-0.39, 0.29) is 12.1 Å². The summed E-state index contributed by atoms with van der Waals surface area (Å²) in [5.74, 6) is -1.40. The molecule has 3 aromatic heterocycles. The van der Waals surface area contributed by atoms with Crippen molar-refractivity contribution in [3.8, 4) is 22.4 Å². The number of alkyl halides is 3. The summed E-state index contributed by atoms with van der Waals surface area (Å²) in [6.45, 7) is -0.0395. The predicted octanol–water partition coefficient (Wildman–Crippen LogP) is 5.48. The second-order valence-electron chi connectivity index (χ2n) is 7.85. The molecule has 0 aliphatic carbocycles. The lowest BCUT2D eigenvalue weighted by molar-refractivity contribution is -0.137. The average Bonchev–Trinajstić information content (AvgIpc) is 3.52. The van der Waals surface area contributed by atoms with Crippen molar-refractivity contribution in [3.63, 3.8) is 0 Å². The molecular weight excluding hydrogens is 462 g/mol. The molecule has 35 heavy (non-hydrogen) atoms. The monoisotopic (exact) mass is 479 g/mol. The van der Waals surface area contributed by atoms with Crippen LogP contribution in [0.2, 0.25) is 0 Å². The number of nitrogens with one attached hydrogen (secondary N) is 2. The second-order valence-corrected chi connectivity index (χ2v) is 7.85. The van der Waals surface area contributed by atoms with Crippen molar-refractivity contribution in [2.24, 2.45) is 0 Å². The Morgan fingerprint density at radius 1 is 0.971 bits per heavy atom. The molecule has 0 aliphatic heterocycles. The Morgan fingerprint density at radius 2 is 1.74 bits per heavy atom. The molecule has 1 amide bonds. The van der Waals surface area contributed by atoms with E-state index in [1.54, 1.807) is 24.7 Å². The maximum atomic E-state index is 14.9. The van der Waals surface area contributed by atoms with Gasteiger partial charge in [0.15, 0.2) is 0 Å². The van der Waals surface area contributed by atoms with Crippen LogP contribution in [-0.4, -0.2) is 25.5 Å². The molecule has 3 heterocycles. The number of benzene rings is 2. The number of aromatic nitrogens is 4. The Bertz CT molecular complexity index is 1510. The highest BCUT2D eigenvalue weighted by molar-refractivity contribution is 5.95. The van der Waals surface area contributed by atoms with Gasteiger partial charge in [-0.25, -0.2) is 9.37 Å². The standard InChI is InChI=1S/C25H17F4N5O/c26-21-9-16(22-13-30-23-8-4-17(14-34(22)23)18-11-32-33-12-18)3-7-20(21)24(35)31-10-15-1-5-19(6-2-15)25(27,28)29/h1-9,11-14H,10H2,(H,31,35)(H,32,33). The van der Waals surface area contributed by atoms with Crippen LogP contribution >= 0.6 is 0 Å². The van der Waals surface area contributed by atoms with Gasteiger partial charge in [-0.2, -0.15) is 18.3 Å². The first-order chi connectivity index (χ1) is 16.8. The fourth-order valence-electron chi connectivity index (χ4n) is 3.72. The smallest absolute Gasteiger partial charge is 0.348 e. The number of halogens is 4. The lowest BCUT2D eigenvalue weighted by Crippen LogP contribution is -2.24. The summed E-state index contributed by atoms with van der Waals surface area (Å²) in [6, 6.07) is 12.4. The molecule has 0 unspecified atom stereocenters. The number of aromatic amines is 1. The summed E-state index contributed by atoms with van der Waals surface area (Å²) in [5.41, 5.74) is 3.13. The molecule has 176 valence electrons. The van der Waals surface area contributed by atoms with Gasteiger partial charge in [-0.3, -0.25) is 14.3 Å². The summed E-state index contributed by atoms with van der Waals surface area (Å²) in [4.78, 5) is 16.9. The molecule has 2 aromatic carbocycles. The van der Waals surface area contributed by atoms with Crippen molar-refractivity contribution in [1.29, 1.82) is 0 Å². The van der Waals surface area contributed by atoms with Gasteiger partial charge < -0.3 is 5.32 Å². The largest absolute Gasteiger partial charge is 0.416 e. The minimum absolute atomic E-state index is 0.0395. The Balaban J connectivity index is 1.34. The van der Waals surface area contributed by atoms with Gasteiger partial charge in [0.25, 0.3) is 5.91 Å². The summed E-state index contributed by atoms with van der Waals surface area (Å²) >= 11 is 0. The first kappa shape index (κ1) is 22.3. The molecule has 5 rings (SSSR count). The number of imidazole rings is 1. The van der Waals surface area contributed by atoms with E-state index in [4.69, 9.17) is 0 Å². The van der Waals surface area contributed by atoms with Crippen LogP contribution < -0.4 is 5.32 Å². The molecule has 0 aliphatic rings. The normalized spacial score (nSPS) is 11.7. The van der Waals surface area contributed by atoms with Crippen LogP contribution in [0.15, 0.2) is 79.4 Å². The first-order valence-corrected chi connectivity index (χ1v) is 10.5. The van der Waals surface area contributed by atoms with Crippen LogP contribution in [-0.2, 0) is 12.7 Å². The van der Waals surface area contributed by atoms with Gasteiger partial charge in [0.1, 0.15) is 11.5 Å². The van der Waals surface area contributed by atoms with Crippen LogP contribution in [0, 0.1) is 5.82 Å². The number of carbonyl (C=O) groups excluding carboxylic acids is 1. The minimum atomic E-state index is -4.44. The van der Waals surface area contributed by atoms with E-state index in [0.29, 0.717) is 22.5 Å². The molecule has 0 radical (unpaired) electrons. The summed E-state index contributed by atoms with van der Waals surface area (Å²) in [7, 11) is 0. The zero-order valence-corrected chi connectivity index (χ0v) is 18.0. The van der Waals surface area contributed by atoms with Crippen molar-refractivity contribution >= 4 is 11.6 Å². The van der Waals surface area contributed by atoms with E-state index in [2.05, 4.69) is 20.5 Å². The molecule has 0 atom stereocenters. The number of pyridine rings is 1. The predicted molar refractivity (Wildman–Crippen MR) is 121 cm³/mol. The van der Waals surface area contributed by atoms with Crippen LogP contribution in [0.25, 0.3) is 28.0 Å². The van der Waals surface area contributed by atoms with Gasteiger partial charge in [-0.1, -0.05) is 18.2 Å². The number of H-pyrrole nitrogens is 1. The number of nitrogens with zero attached hydrogens (tertiary/aromatic N) is 3. The maximum absolute atomic E-state index is 14.9. The molecule has 6 nitrogen and oxygen atoms in total. The molecular formula is C25H17F4N5O. The molecule has 10 heteroatoms. The highest BCUT2D eigenvalue weighted by Crippen LogP contribution is 2.29. The van der Waals surface area contributed by atoms with Gasteiger partial charge in [0, 0.05) is 35.6 Å². The molecule has 5 aromatic rings. The van der Waals surface area contributed by atoms with E-state index >= 15 is 0 Å². The van der Waals surface area contributed by atoms with Gasteiger partial charge in [-0.15, -0.1) is 0 Å². The molecule has 0 saturated carbocycles. The summed E-state index contributed by atoms with van der Waals surface area (Å²) in [6.07, 6.45) is 2.50. The van der Waals surface area contributed by atoms with E-state index in [1.165, 1.54) is 24.3 Å². The summed E-state index contributed by atoms with van der Waals surface area (Å²) < 4.78 is 54.7. The summed E-state index contributed by atoms with van der Waals surface area (Å²) in [5, 5.41) is 9.25. The Morgan fingerprint density at radius 3 is 2.43 bits per heavy atom. The Labute approximate surface area is 196 Å². The zero-order chi connectivity index (χ0) is 24.6. The van der Waals surface area contributed by atoms with Crippen molar-refractivity contribution in [2.45, 2.75) is 12.7 Å². The number of rotatable bonds is 5. The van der Waals surface area contributed by atoms with Crippen LogP contribution in [0.5, 0.6) is 0 Å². The fourth-order valence-corrected chi connectivity index (χ4v) is 3.72. The number of amides is 1. The number of hydrogen-bond donors (Lipinski definition) is 2.